The minimum absolute atomic E-state index is 0.0246. The van der Waals surface area contributed by atoms with Gasteiger partial charge in [-0.05, 0) is 43.2 Å². The molecule has 2 aromatic carbocycles. The van der Waals surface area contributed by atoms with Crippen LogP contribution in [-0.2, 0) is 9.53 Å². The van der Waals surface area contributed by atoms with Gasteiger partial charge in [-0.1, -0.05) is 38.8 Å². The molecule has 9 heteroatoms. The molecule has 2 aliphatic rings. The molecule has 2 heterocycles. The minimum Gasteiger partial charge on any atom is -0.495 e. The number of methoxy groups -OCH3 is 1. The van der Waals surface area contributed by atoms with Gasteiger partial charge in [0, 0.05) is 69.7 Å². The van der Waals surface area contributed by atoms with E-state index < -0.39 is 0 Å². The number of benzene rings is 2. The van der Waals surface area contributed by atoms with Crippen LogP contribution in [0.15, 0.2) is 42.5 Å². The average molecular weight is 566 g/mol. The van der Waals surface area contributed by atoms with Crippen molar-refractivity contribution < 1.29 is 19.1 Å². The molecule has 1 unspecified atom stereocenters. The lowest BCUT2D eigenvalue weighted by atomic mass is 9.98. The third-order valence-electron chi connectivity index (χ3n) is 8.14. The van der Waals surface area contributed by atoms with Gasteiger partial charge in [0.15, 0.2) is 0 Å². The number of rotatable bonds is 13. The van der Waals surface area contributed by atoms with Crippen LogP contribution in [-0.4, -0.2) is 89.4 Å². The van der Waals surface area contributed by atoms with Crippen molar-refractivity contribution in [3.63, 3.8) is 0 Å². The number of amides is 2. The molecule has 1 atom stereocenters. The van der Waals surface area contributed by atoms with E-state index in [-0.39, 0.29) is 17.7 Å². The van der Waals surface area contributed by atoms with Crippen molar-refractivity contribution >= 4 is 28.9 Å². The first kappa shape index (κ1) is 30.7. The molecule has 2 N–H and O–H groups in total. The highest BCUT2D eigenvalue weighted by Crippen LogP contribution is 2.31. The van der Waals surface area contributed by atoms with E-state index in [0.29, 0.717) is 17.8 Å². The molecule has 0 bridgehead atoms. The van der Waals surface area contributed by atoms with E-state index in [1.54, 1.807) is 7.11 Å². The van der Waals surface area contributed by atoms with Crippen molar-refractivity contribution in [2.24, 2.45) is 5.92 Å². The zero-order valence-electron chi connectivity index (χ0n) is 25.0. The van der Waals surface area contributed by atoms with Gasteiger partial charge in [-0.2, -0.15) is 0 Å². The molecule has 2 amide bonds. The molecule has 0 saturated carbocycles. The summed E-state index contributed by atoms with van der Waals surface area (Å²) in [5.74, 6) is 0.751. The molecular weight excluding hydrogens is 518 g/mol. The van der Waals surface area contributed by atoms with Gasteiger partial charge in [0.2, 0.25) is 5.91 Å². The van der Waals surface area contributed by atoms with Crippen molar-refractivity contribution in [3.05, 3.63) is 48.0 Å². The first-order chi connectivity index (χ1) is 20.0. The predicted octanol–water partition coefficient (Wildman–Crippen LogP) is 4.24. The van der Waals surface area contributed by atoms with Gasteiger partial charge in [0.25, 0.3) is 5.91 Å². The smallest absolute Gasteiger partial charge is 0.253 e. The molecule has 41 heavy (non-hydrogen) atoms. The first-order valence-corrected chi connectivity index (χ1v) is 15.2. The second-order valence-corrected chi connectivity index (χ2v) is 10.8. The van der Waals surface area contributed by atoms with Crippen LogP contribution >= 0.6 is 0 Å². The topological polar surface area (TPSA) is 86.4 Å². The summed E-state index contributed by atoms with van der Waals surface area (Å²) in [7, 11) is 1.70. The summed E-state index contributed by atoms with van der Waals surface area (Å²) in [4.78, 5) is 33.5. The molecule has 2 aromatic rings. The van der Waals surface area contributed by atoms with Gasteiger partial charge in [-0.15, -0.1) is 0 Å². The number of para-hydroxylation sites is 2. The van der Waals surface area contributed by atoms with Crippen LogP contribution < -0.4 is 25.2 Å². The second-order valence-electron chi connectivity index (χ2n) is 10.8. The zero-order chi connectivity index (χ0) is 29.0. The lowest BCUT2D eigenvalue weighted by Gasteiger charge is -2.38. The lowest BCUT2D eigenvalue weighted by Crippen LogP contribution is -2.47. The second kappa shape index (κ2) is 15.6. The fraction of sp³-hybridized carbons (Fsp3) is 0.562. The van der Waals surface area contributed by atoms with E-state index >= 15 is 0 Å². The minimum atomic E-state index is -0.116. The summed E-state index contributed by atoms with van der Waals surface area (Å²) in [5.41, 5.74) is 3.24. The van der Waals surface area contributed by atoms with E-state index in [0.717, 1.165) is 102 Å². The van der Waals surface area contributed by atoms with Crippen molar-refractivity contribution in [1.82, 2.24) is 10.2 Å². The fourth-order valence-corrected chi connectivity index (χ4v) is 5.61. The monoisotopic (exact) mass is 565 g/mol. The Labute approximate surface area is 245 Å². The number of morpholine rings is 1. The molecule has 4 rings (SSSR count). The quantitative estimate of drug-likeness (QED) is 0.376. The maximum Gasteiger partial charge on any atom is 0.253 e. The number of unbranched alkanes of at least 4 members (excludes halogenated alkanes) is 1. The summed E-state index contributed by atoms with van der Waals surface area (Å²) in [6.07, 6.45) is 3.78. The number of ether oxygens (including phenoxy) is 2. The molecule has 2 fully saturated rings. The summed E-state index contributed by atoms with van der Waals surface area (Å²) in [6.45, 7) is 11.9. The van der Waals surface area contributed by atoms with Crippen molar-refractivity contribution in [1.29, 1.82) is 0 Å². The van der Waals surface area contributed by atoms with Gasteiger partial charge in [0.05, 0.1) is 31.6 Å². The maximum absolute atomic E-state index is 13.6. The molecule has 0 aliphatic carbocycles. The number of nitrogens with one attached hydrogen (secondary N) is 2. The first-order valence-electron chi connectivity index (χ1n) is 15.2. The molecule has 2 aliphatic heterocycles. The third kappa shape index (κ3) is 8.36. The number of hydrogen-bond acceptors (Lipinski definition) is 7. The molecule has 224 valence electrons. The van der Waals surface area contributed by atoms with Crippen LogP contribution in [0.1, 0.15) is 49.9 Å². The Morgan fingerprint density at radius 3 is 2.34 bits per heavy atom. The predicted molar refractivity (Wildman–Crippen MR) is 165 cm³/mol. The molecule has 0 spiro atoms. The molecule has 0 aromatic heterocycles. The van der Waals surface area contributed by atoms with Crippen molar-refractivity contribution in [2.75, 3.05) is 87.8 Å². The van der Waals surface area contributed by atoms with Crippen LogP contribution in [0.3, 0.4) is 0 Å². The van der Waals surface area contributed by atoms with E-state index in [1.807, 2.05) is 36.4 Å². The van der Waals surface area contributed by atoms with Crippen LogP contribution in [0.2, 0.25) is 0 Å². The Hall–Kier alpha value is -3.30. The number of carbonyl (C=O) groups excluding carboxylic acids is 2. The van der Waals surface area contributed by atoms with E-state index in [9.17, 15) is 9.59 Å². The Kier molecular flexibility index (Phi) is 11.7. The Morgan fingerprint density at radius 1 is 0.951 bits per heavy atom. The van der Waals surface area contributed by atoms with Crippen molar-refractivity contribution in [3.8, 4) is 5.75 Å². The van der Waals surface area contributed by atoms with Gasteiger partial charge in [-0.25, -0.2) is 0 Å². The normalized spacial score (nSPS) is 16.8. The highest BCUT2D eigenvalue weighted by atomic mass is 16.5. The number of hydrogen-bond donors (Lipinski definition) is 2. The maximum atomic E-state index is 13.6. The Morgan fingerprint density at radius 2 is 1.66 bits per heavy atom. The van der Waals surface area contributed by atoms with Crippen LogP contribution in [0.25, 0.3) is 0 Å². The molecular formula is C32H47N5O4. The number of carbonyl (C=O) groups is 2. The number of nitrogens with zero attached hydrogens (tertiary/aromatic N) is 3. The zero-order valence-corrected chi connectivity index (χ0v) is 25.0. The van der Waals surface area contributed by atoms with E-state index in [2.05, 4.69) is 45.2 Å². The van der Waals surface area contributed by atoms with E-state index in [4.69, 9.17) is 9.47 Å². The Balaban J connectivity index is 1.48. The van der Waals surface area contributed by atoms with E-state index in [1.165, 1.54) is 0 Å². The van der Waals surface area contributed by atoms with Crippen LogP contribution in [0.5, 0.6) is 5.75 Å². The summed E-state index contributed by atoms with van der Waals surface area (Å²) < 4.78 is 11.0. The standard InChI is InChI=1S/C32H47N5O4/c1-4-6-9-25(5-2)31(38)34-26-12-13-28(27(24-26)32(39)33-14-15-35-20-22-41-23-21-35)36-16-18-37(19-17-36)29-10-7-8-11-30(29)40-3/h7-8,10-13,24-25H,4-6,9,14-23H2,1-3H3,(H,33,39)(H,34,38). The van der Waals surface area contributed by atoms with Gasteiger partial charge >= 0.3 is 0 Å². The number of piperazine rings is 1. The lowest BCUT2D eigenvalue weighted by molar-refractivity contribution is -0.120. The summed E-state index contributed by atoms with van der Waals surface area (Å²) >= 11 is 0. The SMILES string of the molecule is CCCCC(CC)C(=O)Nc1ccc(N2CCN(c3ccccc3OC)CC2)c(C(=O)NCCN2CCOCC2)c1. The molecule has 0 radical (unpaired) electrons. The third-order valence-corrected chi connectivity index (χ3v) is 8.14. The van der Waals surface area contributed by atoms with Gasteiger partial charge in [-0.3, -0.25) is 14.5 Å². The fourth-order valence-electron chi connectivity index (χ4n) is 5.61. The largest absolute Gasteiger partial charge is 0.495 e. The van der Waals surface area contributed by atoms with Crippen LogP contribution in [0.4, 0.5) is 17.1 Å². The van der Waals surface area contributed by atoms with Gasteiger partial charge < -0.3 is 29.9 Å². The molecule has 2 saturated heterocycles. The summed E-state index contributed by atoms with van der Waals surface area (Å²) in [5, 5.41) is 6.22. The molecule has 9 nitrogen and oxygen atoms in total. The number of anilines is 3. The summed E-state index contributed by atoms with van der Waals surface area (Å²) in [6, 6.07) is 13.8. The van der Waals surface area contributed by atoms with Crippen LogP contribution in [0, 0.1) is 5.92 Å². The Bertz CT molecular complexity index is 1130. The average Bonchev–Trinajstić information content (AvgIpc) is 3.02. The van der Waals surface area contributed by atoms with Crippen molar-refractivity contribution in [2.45, 2.75) is 39.5 Å². The highest BCUT2D eigenvalue weighted by Gasteiger charge is 2.24. The highest BCUT2D eigenvalue weighted by molar-refractivity contribution is 6.02. The van der Waals surface area contributed by atoms with Gasteiger partial charge in [0.1, 0.15) is 5.75 Å².